The number of H-pyrrole nitrogens is 1. The SMILES string of the molecule is Cc1cc(C(F)(F)F)nc2[nH]c(Cc3c(Cl)cnc(C(=O)N4CCOCC4)c3Cl)cc12.Cc1cc(C(F)(F)F)nc2c1cc(C(O)c1c(Cl)cnc(C(=O)N3CCOCC3)c1Cl)n2S(=O)(=O)c1ccccc1. The minimum absolute atomic E-state index is 0.0393. The van der Waals surface area contributed by atoms with Crippen molar-refractivity contribution in [2.24, 2.45) is 0 Å². The lowest BCUT2D eigenvalue weighted by molar-refractivity contribution is -0.141. The van der Waals surface area contributed by atoms with Crippen molar-refractivity contribution in [1.29, 1.82) is 0 Å². The fourth-order valence-electron chi connectivity index (χ4n) is 8.04. The summed E-state index contributed by atoms with van der Waals surface area (Å²) in [5.41, 5.74) is -2.01. The second-order valence-corrected chi connectivity index (χ2v) is 19.8. The van der Waals surface area contributed by atoms with Crippen molar-refractivity contribution >= 4 is 90.3 Å². The third kappa shape index (κ3) is 10.6. The quantitative estimate of drug-likeness (QED) is 0.138. The summed E-state index contributed by atoms with van der Waals surface area (Å²) < 4.78 is 119. The molecule has 2 aliphatic heterocycles. The van der Waals surface area contributed by atoms with E-state index in [0.29, 0.717) is 65.7 Å². The molecule has 72 heavy (non-hydrogen) atoms. The first-order valence-electron chi connectivity index (χ1n) is 21.5. The number of aliphatic hydroxyl groups is 1. The van der Waals surface area contributed by atoms with E-state index in [1.165, 1.54) is 48.4 Å². The predicted molar refractivity (Wildman–Crippen MR) is 253 cm³/mol. The van der Waals surface area contributed by atoms with Gasteiger partial charge in [0.1, 0.15) is 34.5 Å². The van der Waals surface area contributed by atoms with Gasteiger partial charge >= 0.3 is 12.4 Å². The monoisotopic (exact) mass is 1100 g/mol. The van der Waals surface area contributed by atoms with Gasteiger partial charge in [-0.15, -0.1) is 0 Å². The van der Waals surface area contributed by atoms with E-state index >= 15 is 0 Å². The second kappa shape index (κ2) is 20.7. The molecule has 1 unspecified atom stereocenters. The number of nitrogens with one attached hydrogen (secondary N) is 1. The molecular weight excluding hydrogens is 1060 g/mol. The van der Waals surface area contributed by atoms with E-state index in [2.05, 4.69) is 24.9 Å². The summed E-state index contributed by atoms with van der Waals surface area (Å²) in [6.07, 6.45) is -8.74. The van der Waals surface area contributed by atoms with Gasteiger partial charge in [-0.1, -0.05) is 64.6 Å². The predicted octanol–water partition coefficient (Wildman–Crippen LogP) is 9.51. The molecule has 380 valence electrons. The summed E-state index contributed by atoms with van der Waals surface area (Å²) in [6.45, 7) is 5.83. The largest absolute Gasteiger partial charge is 0.433 e. The molecule has 1 aromatic carbocycles. The summed E-state index contributed by atoms with van der Waals surface area (Å²) in [5.74, 6) is -0.886. The number of carbonyl (C=O) groups is 2. The van der Waals surface area contributed by atoms with Gasteiger partial charge in [-0.3, -0.25) is 9.59 Å². The smallest absolute Gasteiger partial charge is 0.382 e. The first kappa shape index (κ1) is 52.7. The zero-order valence-electron chi connectivity index (χ0n) is 37.5. The molecule has 0 saturated carbocycles. The van der Waals surface area contributed by atoms with Crippen LogP contribution in [0.25, 0.3) is 22.1 Å². The Morgan fingerprint density at radius 3 is 1.81 bits per heavy atom. The van der Waals surface area contributed by atoms with E-state index in [1.54, 1.807) is 24.0 Å². The van der Waals surface area contributed by atoms with E-state index < -0.39 is 57.1 Å². The number of morpholine rings is 2. The number of aliphatic hydroxyl groups excluding tert-OH is 1. The molecule has 2 N–H and O–H groups in total. The molecule has 15 nitrogen and oxygen atoms in total. The van der Waals surface area contributed by atoms with Crippen LogP contribution in [0.5, 0.6) is 0 Å². The third-order valence-electron chi connectivity index (χ3n) is 11.7. The molecule has 0 bridgehead atoms. The maximum atomic E-state index is 13.9. The number of ether oxygens (including phenoxy) is 2. The number of rotatable bonds is 8. The summed E-state index contributed by atoms with van der Waals surface area (Å²) in [4.78, 5) is 47.1. The Labute approximate surface area is 425 Å². The maximum absolute atomic E-state index is 13.9. The molecular formula is C46H38Cl4F6N8O7S. The Hall–Kier alpha value is -5.59. The number of carbonyl (C=O) groups excluding carboxylic acids is 2. The van der Waals surface area contributed by atoms with Gasteiger partial charge in [-0.05, 0) is 66.9 Å². The molecule has 8 heterocycles. The summed E-state index contributed by atoms with van der Waals surface area (Å²) in [5, 5.41) is 12.0. The van der Waals surface area contributed by atoms with Crippen LogP contribution in [0.2, 0.25) is 20.1 Å². The molecule has 1 atom stereocenters. The van der Waals surface area contributed by atoms with E-state index in [0.717, 1.165) is 18.3 Å². The Morgan fingerprint density at radius 2 is 1.25 bits per heavy atom. The number of aromatic nitrogens is 6. The maximum Gasteiger partial charge on any atom is 0.433 e. The summed E-state index contributed by atoms with van der Waals surface area (Å²) in [6, 6.07) is 11.6. The number of aryl methyl sites for hydroxylation is 2. The van der Waals surface area contributed by atoms with Crippen LogP contribution in [0.1, 0.15) is 72.1 Å². The third-order valence-corrected chi connectivity index (χ3v) is 14.8. The number of benzene rings is 1. The van der Waals surface area contributed by atoms with E-state index in [4.69, 9.17) is 55.9 Å². The molecule has 6 aromatic heterocycles. The topological polar surface area (TPSA) is 186 Å². The van der Waals surface area contributed by atoms with Crippen LogP contribution in [-0.2, 0) is 38.3 Å². The van der Waals surface area contributed by atoms with Gasteiger partial charge < -0.3 is 29.4 Å². The van der Waals surface area contributed by atoms with Crippen molar-refractivity contribution in [1.82, 2.24) is 38.7 Å². The van der Waals surface area contributed by atoms with Gasteiger partial charge in [-0.2, -0.15) is 26.3 Å². The lowest BCUT2D eigenvalue weighted by Crippen LogP contribution is -2.41. The van der Waals surface area contributed by atoms with Gasteiger partial charge in [0.25, 0.3) is 21.8 Å². The Kier molecular flexibility index (Phi) is 15.2. The van der Waals surface area contributed by atoms with Gasteiger partial charge in [0.2, 0.25) is 0 Å². The standard InChI is InChI=1S/C26H21Cl2F3N4O5S.C20H17Cl2F3N4O2/c1-14-11-19(26(29,30)31)33-24-16(14)12-18(35(24)41(38,39)15-5-3-2-4-6-15)23(36)20-17(27)13-32-22(21(20)28)25(37)34-7-9-40-10-8-34;1-10-6-15(20(23,24)25)28-18-12(10)7-11(27-18)8-13-14(21)9-26-17(16(13)22)19(30)29-2-4-31-5-3-29/h2-6,11-13,23,36H,7-10H2,1H3;6-7,9H,2-5,8H2,1H3,(H,27,28). The Balaban J connectivity index is 0.000000200. The average molecular weight is 1100 g/mol. The number of nitrogens with zero attached hydrogens (tertiary/aromatic N) is 7. The van der Waals surface area contributed by atoms with E-state index in [-0.39, 0.29) is 84.0 Å². The lowest BCUT2D eigenvalue weighted by atomic mass is 10.1. The number of amides is 2. The molecule has 2 fully saturated rings. The van der Waals surface area contributed by atoms with E-state index in [9.17, 15) is 49.5 Å². The number of pyridine rings is 4. The Bertz CT molecular complexity index is 3350. The second-order valence-electron chi connectivity index (χ2n) is 16.4. The zero-order chi connectivity index (χ0) is 52.0. The molecule has 7 aromatic rings. The molecule has 9 rings (SSSR count). The molecule has 0 spiro atoms. The number of hydrogen-bond acceptors (Lipinski definition) is 11. The van der Waals surface area contributed by atoms with Crippen molar-refractivity contribution in [3.8, 4) is 0 Å². The highest BCUT2D eigenvalue weighted by molar-refractivity contribution is 7.90. The zero-order valence-corrected chi connectivity index (χ0v) is 41.3. The molecule has 26 heteroatoms. The van der Waals surface area contributed by atoms with Crippen LogP contribution in [0.3, 0.4) is 0 Å². The van der Waals surface area contributed by atoms with Crippen molar-refractivity contribution in [2.75, 3.05) is 52.6 Å². The van der Waals surface area contributed by atoms with Crippen LogP contribution in [0.4, 0.5) is 26.3 Å². The minimum Gasteiger partial charge on any atom is -0.382 e. The van der Waals surface area contributed by atoms with Crippen molar-refractivity contribution in [3.63, 3.8) is 0 Å². The van der Waals surface area contributed by atoms with Crippen LogP contribution in [0.15, 0.2) is 71.9 Å². The lowest BCUT2D eigenvalue weighted by Gasteiger charge is -2.27. The first-order valence-corrected chi connectivity index (χ1v) is 24.5. The van der Waals surface area contributed by atoms with Crippen LogP contribution in [0, 0.1) is 13.8 Å². The van der Waals surface area contributed by atoms with Crippen molar-refractivity contribution in [3.05, 3.63) is 143 Å². The fraction of sp³-hybridized carbons (Fsp3) is 0.304. The fourth-order valence-corrected chi connectivity index (χ4v) is 10.7. The van der Waals surface area contributed by atoms with Gasteiger partial charge in [0, 0.05) is 67.0 Å². The van der Waals surface area contributed by atoms with Crippen LogP contribution >= 0.6 is 46.4 Å². The molecule has 2 amide bonds. The minimum atomic E-state index is -4.88. The highest BCUT2D eigenvalue weighted by atomic mass is 35.5. The first-order chi connectivity index (χ1) is 34.0. The van der Waals surface area contributed by atoms with Crippen LogP contribution < -0.4 is 0 Å². The Morgan fingerprint density at radius 1 is 0.736 bits per heavy atom. The van der Waals surface area contributed by atoms with Gasteiger partial charge in [0.05, 0.1) is 57.1 Å². The number of halogens is 10. The number of alkyl halides is 6. The number of fused-ring (bicyclic) bond motifs is 2. The van der Waals surface area contributed by atoms with Gasteiger partial charge in [-0.25, -0.2) is 32.3 Å². The number of hydrogen-bond donors (Lipinski definition) is 2. The highest BCUT2D eigenvalue weighted by Crippen LogP contribution is 2.41. The molecule has 2 aliphatic rings. The van der Waals surface area contributed by atoms with Crippen LogP contribution in [-0.4, -0.2) is 117 Å². The summed E-state index contributed by atoms with van der Waals surface area (Å²) in [7, 11) is -4.62. The average Bonchev–Trinajstić information content (AvgIpc) is 3.96. The van der Waals surface area contributed by atoms with Crippen molar-refractivity contribution in [2.45, 2.75) is 43.6 Å². The highest BCUT2D eigenvalue weighted by Gasteiger charge is 2.38. The molecule has 0 aliphatic carbocycles. The summed E-state index contributed by atoms with van der Waals surface area (Å²) >= 11 is 25.7. The normalized spacial score (nSPS) is 15.2. The van der Waals surface area contributed by atoms with Gasteiger partial charge in [0.15, 0.2) is 5.65 Å². The number of aromatic amines is 1. The molecule has 2 saturated heterocycles. The van der Waals surface area contributed by atoms with E-state index in [1.807, 2.05) is 0 Å². The van der Waals surface area contributed by atoms with Crippen molar-refractivity contribution < 1.29 is 58.9 Å². The molecule has 0 radical (unpaired) electrons.